The summed E-state index contributed by atoms with van der Waals surface area (Å²) in [6, 6.07) is 11.9. The molecule has 0 radical (unpaired) electrons. The lowest BCUT2D eigenvalue weighted by Gasteiger charge is -2.33. The first-order valence-electron chi connectivity index (χ1n) is 13.8. The number of fused-ring (bicyclic) bond motifs is 4. The molecular weight excluding hydrogens is 501 g/mol. The summed E-state index contributed by atoms with van der Waals surface area (Å²) < 4.78 is 17.3. The van der Waals surface area contributed by atoms with Crippen molar-refractivity contribution < 1.29 is 28.7 Å². The second kappa shape index (κ2) is 9.86. The van der Waals surface area contributed by atoms with E-state index >= 15 is 4.39 Å². The summed E-state index contributed by atoms with van der Waals surface area (Å²) in [5, 5.41) is 15.0. The third-order valence-electron chi connectivity index (χ3n) is 9.15. The first-order valence-corrected chi connectivity index (χ1v) is 13.8. The van der Waals surface area contributed by atoms with Gasteiger partial charge in [-0.05, 0) is 48.6 Å². The zero-order chi connectivity index (χ0) is 27.3. The Morgan fingerprint density at radius 3 is 2.33 bits per heavy atom. The van der Waals surface area contributed by atoms with E-state index in [1.54, 1.807) is 36.4 Å². The van der Waals surface area contributed by atoms with E-state index in [0.717, 1.165) is 19.3 Å². The van der Waals surface area contributed by atoms with Gasteiger partial charge >= 0.3 is 0 Å². The van der Waals surface area contributed by atoms with Gasteiger partial charge in [0.15, 0.2) is 5.78 Å². The van der Waals surface area contributed by atoms with E-state index in [4.69, 9.17) is 0 Å². The Morgan fingerprint density at radius 1 is 1.05 bits per heavy atom. The highest BCUT2D eigenvalue weighted by Gasteiger charge is 2.58. The SMILES string of the molecule is O=C1NCC[C@@H]1C[C@@H](NC(=O)[C@@H]1[C@@H]2CCC[C@@H]2CN1C(=O)C1(F)c2ccccc2-c2ccccc21)C(=O)CO. The maximum atomic E-state index is 17.3. The number of aliphatic hydroxyl groups is 1. The fourth-order valence-electron chi connectivity index (χ4n) is 7.25. The van der Waals surface area contributed by atoms with Crippen molar-refractivity contribution in [1.82, 2.24) is 15.5 Å². The molecule has 2 aromatic carbocycles. The number of halogens is 1. The molecule has 8 nitrogen and oxygen atoms in total. The number of benzene rings is 2. The first-order chi connectivity index (χ1) is 18.8. The highest BCUT2D eigenvalue weighted by Crippen LogP contribution is 2.52. The number of nitrogens with one attached hydrogen (secondary N) is 2. The summed E-state index contributed by atoms with van der Waals surface area (Å²) in [4.78, 5) is 54.2. The van der Waals surface area contributed by atoms with Crippen LogP contribution in [0.5, 0.6) is 0 Å². The van der Waals surface area contributed by atoms with Crippen LogP contribution in [-0.2, 0) is 24.8 Å². The summed E-state index contributed by atoms with van der Waals surface area (Å²) in [5.74, 6) is -2.63. The molecule has 2 aromatic rings. The molecule has 5 atom stereocenters. The van der Waals surface area contributed by atoms with Crippen LogP contribution in [0.3, 0.4) is 0 Å². The number of alkyl halides is 1. The largest absolute Gasteiger partial charge is 0.389 e. The van der Waals surface area contributed by atoms with Gasteiger partial charge in [-0.1, -0.05) is 55.0 Å². The Labute approximate surface area is 225 Å². The third kappa shape index (κ3) is 4.06. The van der Waals surface area contributed by atoms with Crippen LogP contribution in [0.15, 0.2) is 48.5 Å². The smallest absolute Gasteiger partial charge is 0.270 e. The van der Waals surface area contributed by atoms with Crippen LogP contribution in [0.1, 0.15) is 43.2 Å². The highest BCUT2D eigenvalue weighted by molar-refractivity contribution is 6.01. The van der Waals surface area contributed by atoms with Crippen molar-refractivity contribution in [2.45, 2.75) is 49.9 Å². The molecule has 204 valence electrons. The van der Waals surface area contributed by atoms with Gasteiger partial charge in [0.1, 0.15) is 12.6 Å². The molecule has 0 bridgehead atoms. The summed E-state index contributed by atoms with van der Waals surface area (Å²) in [5.41, 5.74) is -0.575. The number of likely N-dealkylation sites (tertiary alicyclic amines) is 1. The maximum Gasteiger partial charge on any atom is 0.270 e. The van der Waals surface area contributed by atoms with Crippen LogP contribution in [0.4, 0.5) is 4.39 Å². The van der Waals surface area contributed by atoms with Crippen molar-refractivity contribution in [3.63, 3.8) is 0 Å². The van der Waals surface area contributed by atoms with Crippen molar-refractivity contribution >= 4 is 23.5 Å². The standard InChI is InChI=1S/C30H32FN3O5/c31-30(22-10-3-1-7-20(22)21-8-2-4-11-23(21)30)29(39)34-15-18-6-5-9-19(18)26(34)28(38)33-24(25(36)16-35)14-17-12-13-32-27(17)37/h1-4,7-8,10-11,17-19,24,26,35H,5-6,9,12-16H2,(H,32,37)(H,33,38)/t17-,18-,19-,24-,26+/m1/s1. The Bertz CT molecular complexity index is 1300. The summed E-state index contributed by atoms with van der Waals surface area (Å²) in [7, 11) is 0. The normalized spacial score (nSPS) is 26.9. The molecule has 0 spiro atoms. The van der Waals surface area contributed by atoms with Crippen molar-refractivity contribution in [2.75, 3.05) is 19.7 Å². The number of aliphatic hydroxyl groups excluding tert-OH is 1. The van der Waals surface area contributed by atoms with E-state index in [1.165, 1.54) is 4.90 Å². The summed E-state index contributed by atoms with van der Waals surface area (Å²) in [6.45, 7) is -0.0191. The van der Waals surface area contributed by atoms with Crippen molar-refractivity contribution in [1.29, 1.82) is 0 Å². The predicted molar refractivity (Wildman–Crippen MR) is 140 cm³/mol. The molecule has 2 heterocycles. The van der Waals surface area contributed by atoms with Crippen molar-refractivity contribution in [2.24, 2.45) is 17.8 Å². The molecule has 6 rings (SSSR count). The lowest BCUT2D eigenvalue weighted by molar-refractivity contribution is -0.148. The van der Waals surface area contributed by atoms with Crippen LogP contribution in [0.25, 0.3) is 11.1 Å². The van der Waals surface area contributed by atoms with Gasteiger partial charge < -0.3 is 20.6 Å². The average molecular weight is 534 g/mol. The molecule has 3 N–H and O–H groups in total. The quantitative estimate of drug-likeness (QED) is 0.504. The van der Waals surface area contributed by atoms with Crippen LogP contribution >= 0.6 is 0 Å². The van der Waals surface area contributed by atoms with Gasteiger partial charge in [-0.15, -0.1) is 0 Å². The number of ketones is 1. The lowest BCUT2D eigenvalue weighted by atomic mass is 9.90. The lowest BCUT2D eigenvalue weighted by Crippen LogP contribution is -2.56. The maximum absolute atomic E-state index is 17.3. The van der Waals surface area contributed by atoms with E-state index in [1.807, 2.05) is 12.1 Å². The van der Waals surface area contributed by atoms with E-state index in [-0.39, 0.29) is 41.8 Å². The molecule has 3 fully saturated rings. The molecule has 9 heteroatoms. The fourth-order valence-corrected chi connectivity index (χ4v) is 7.25. The topological polar surface area (TPSA) is 116 Å². The van der Waals surface area contributed by atoms with Crippen molar-refractivity contribution in [3.05, 3.63) is 59.7 Å². The Morgan fingerprint density at radius 2 is 1.72 bits per heavy atom. The van der Waals surface area contributed by atoms with Crippen LogP contribution in [0.2, 0.25) is 0 Å². The number of carbonyl (C=O) groups is 4. The first kappa shape index (κ1) is 25.7. The molecule has 39 heavy (non-hydrogen) atoms. The molecule has 0 unspecified atom stereocenters. The Balaban J connectivity index is 1.32. The van der Waals surface area contributed by atoms with E-state index < -0.39 is 47.9 Å². The van der Waals surface area contributed by atoms with E-state index in [0.29, 0.717) is 24.1 Å². The van der Waals surface area contributed by atoms with Crippen LogP contribution in [0, 0.1) is 17.8 Å². The second-order valence-electron chi connectivity index (χ2n) is 11.2. The molecule has 3 amide bonds. The number of hydrogen-bond acceptors (Lipinski definition) is 5. The molecular formula is C30H32FN3O5. The molecule has 2 saturated heterocycles. The van der Waals surface area contributed by atoms with Gasteiger partial charge in [-0.2, -0.15) is 0 Å². The van der Waals surface area contributed by atoms with Crippen LogP contribution < -0.4 is 10.6 Å². The molecule has 2 aliphatic carbocycles. The van der Waals surface area contributed by atoms with Gasteiger partial charge in [0.05, 0.1) is 6.04 Å². The molecule has 4 aliphatic rings. The summed E-state index contributed by atoms with van der Waals surface area (Å²) >= 11 is 0. The van der Waals surface area contributed by atoms with Gasteiger partial charge in [-0.3, -0.25) is 19.2 Å². The zero-order valence-corrected chi connectivity index (χ0v) is 21.6. The fraction of sp³-hybridized carbons (Fsp3) is 0.467. The molecule has 0 aromatic heterocycles. The van der Waals surface area contributed by atoms with Gasteiger partial charge in [0.2, 0.25) is 17.5 Å². The van der Waals surface area contributed by atoms with Crippen molar-refractivity contribution in [3.8, 4) is 11.1 Å². The average Bonchev–Trinajstić information content (AvgIpc) is 3.71. The minimum absolute atomic E-state index is 0.0628. The van der Waals surface area contributed by atoms with E-state index in [9.17, 15) is 24.3 Å². The van der Waals surface area contributed by atoms with Gasteiger partial charge in [-0.25, -0.2) is 4.39 Å². The zero-order valence-electron chi connectivity index (χ0n) is 21.6. The molecule has 1 saturated carbocycles. The number of Topliss-reactive ketones (excluding diaryl/α,β-unsaturated/α-hetero) is 1. The summed E-state index contributed by atoms with van der Waals surface area (Å²) in [6.07, 6.45) is 3.08. The number of amides is 3. The van der Waals surface area contributed by atoms with Crippen LogP contribution in [-0.4, -0.2) is 65.3 Å². The minimum atomic E-state index is -2.44. The monoisotopic (exact) mass is 533 g/mol. The number of carbonyl (C=O) groups excluding carboxylic acids is 4. The third-order valence-corrected chi connectivity index (χ3v) is 9.15. The van der Waals surface area contributed by atoms with Gasteiger partial charge in [0, 0.05) is 30.1 Å². The Kier molecular flexibility index (Phi) is 6.49. The minimum Gasteiger partial charge on any atom is -0.389 e. The Hall–Kier alpha value is -3.59. The van der Waals surface area contributed by atoms with Gasteiger partial charge in [0.25, 0.3) is 5.91 Å². The number of nitrogens with zero attached hydrogens (tertiary/aromatic N) is 1. The predicted octanol–water partition coefficient (Wildman–Crippen LogP) is 2.08. The second-order valence-corrected chi connectivity index (χ2v) is 11.2. The molecule has 2 aliphatic heterocycles. The highest BCUT2D eigenvalue weighted by atomic mass is 19.1. The number of rotatable bonds is 7. The number of hydrogen-bond donors (Lipinski definition) is 3. The van der Waals surface area contributed by atoms with E-state index in [2.05, 4.69) is 10.6 Å².